The Morgan fingerprint density at radius 2 is 2.00 bits per heavy atom. The quantitative estimate of drug-likeness (QED) is 0.844. The van der Waals surface area contributed by atoms with Crippen LogP contribution in [0.2, 0.25) is 0 Å². The summed E-state index contributed by atoms with van der Waals surface area (Å²) in [6.45, 7) is 1.54. The molecule has 1 aromatic carbocycles. The van der Waals surface area contributed by atoms with Gasteiger partial charge in [0.2, 0.25) is 0 Å². The number of aromatic nitrogens is 2. The molecule has 96 valence electrons. The van der Waals surface area contributed by atoms with E-state index in [4.69, 9.17) is 4.74 Å². The Hall–Kier alpha value is -0.850. The second kappa shape index (κ2) is 6.36. The summed E-state index contributed by atoms with van der Waals surface area (Å²) >= 11 is 6.98. The molecule has 6 heteroatoms. The van der Waals surface area contributed by atoms with E-state index in [0.29, 0.717) is 0 Å². The Labute approximate surface area is 122 Å². The van der Waals surface area contributed by atoms with Gasteiger partial charge in [0.05, 0.1) is 16.1 Å². The molecule has 0 radical (unpaired) electrons. The Balaban J connectivity index is 1.97. The maximum Gasteiger partial charge on any atom is 0.147 e. The lowest BCUT2D eigenvalue weighted by Gasteiger charge is -2.09. The zero-order valence-corrected chi connectivity index (χ0v) is 13.0. The first-order valence-corrected chi connectivity index (χ1v) is 7.00. The van der Waals surface area contributed by atoms with Crippen molar-refractivity contribution >= 4 is 31.9 Å². The number of H-pyrrole nitrogens is 1. The summed E-state index contributed by atoms with van der Waals surface area (Å²) in [6.07, 6.45) is 1.75. The fraction of sp³-hybridized carbons (Fsp3) is 0.250. The Morgan fingerprint density at radius 3 is 2.56 bits per heavy atom. The SMILES string of the molecule is COc1c(Br)cc(CNCc2ccn[nH]2)cc1Br. The zero-order valence-electron chi connectivity index (χ0n) is 9.84. The van der Waals surface area contributed by atoms with E-state index >= 15 is 0 Å². The summed E-state index contributed by atoms with van der Waals surface area (Å²) in [7, 11) is 1.65. The maximum atomic E-state index is 5.27. The predicted octanol–water partition coefficient (Wildman–Crippen LogP) is 3.23. The summed E-state index contributed by atoms with van der Waals surface area (Å²) in [5, 5.41) is 10.2. The average molecular weight is 375 g/mol. The molecule has 0 aliphatic rings. The molecular formula is C12H13Br2N3O. The van der Waals surface area contributed by atoms with Crippen LogP contribution in [0.15, 0.2) is 33.3 Å². The van der Waals surface area contributed by atoms with Crippen molar-refractivity contribution in [2.24, 2.45) is 0 Å². The molecule has 0 aliphatic carbocycles. The molecule has 0 spiro atoms. The molecule has 0 bridgehead atoms. The van der Waals surface area contributed by atoms with E-state index in [2.05, 4.69) is 47.4 Å². The highest BCUT2D eigenvalue weighted by Gasteiger charge is 2.07. The molecule has 2 N–H and O–H groups in total. The van der Waals surface area contributed by atoms with E-state index in [0.717, 1.165) is 33.5 Å². The maximum absolute atomic E-state index is 5.27. The smallest absolute Gasteiger partial charge is 0.147 e. The fourth-order valence-electron chi connectivity index (χ4n) is 1.63. The summed E-state index contributed by atoms with van der Waals surface area (Å²) in [6, 6.07) is 6.04. The minimum atomic E-state index is 0.765. The van der Waals surface area contributed by atoms with Gasteiger partial charge in [-0.1, -0.05) is 0 Å². The van der Waals surface area contributed by atoms with E-state index in [1.807, 2.05) is 18.2 Å². The summed E-state index contributed by atoms with van der Waals surface area (Å²) in [5.41, 5.74) is 2.25. The third kappa shape index (κ3) is 3.34. The van der Waals surface area contributed by atoms with Gasteiger partial charge in [0, 0.05) is 25.0 Å². The van der Waals surface area contributed by atoms with Crippen molar-refractivity contribution in [3.63, 3.8) is 0 Å². The number of hydrogen-bond acceptors (Lipinski definition) is 3. The van der Waals surface area contributed by atoms with E-state index in [9.17, 15) is 0 Å². The molecule has 1 aromatic heterocycles. The third-order valence-corrected chi connectivity index (χ3v) is 3.64. The number of hydrogen-bond donors (Lipinski definition) is 2. The lowest BCUT2D eigenvalue weighted by Crippen LogP contribution is -2.13. The van der Waals surface area contributed by atoms with Gasteiger partial charge in [0.1, 0.15) is 5.75 Å². The number of ether oxygens (including phenoxy) is 1. The second-order valence-electron chi connectivity index (χ2n) is 3.78. The first-order chi connectivity index (χ1) is 8.70. The molecule has 18 heavy (non-hydrogen) atoms. The highest BCUT2D eigenvalue weighted by Crippen LogP contribution is 2.34. The number of rotatable bonds is 5. The topological polar surface area (TPSA) is 49.9 Å². The highest BCUT2D eigenvalue weighted by atomic mass is 79.9. The Bertz CT molecular complexity index is 491. The first kappa shape index (κ1) is 13.6. The van der Waals surface area contributed by atoms with E-state index < -0.39 is 0 Å². The van der Waals surface area contributed by atoms with Gasteiger partial charge in [-0.15, -0.1) is 0 Å². The largest absolute Gasteiger partial charge is 0.494 e. The van der Waals surface area contributed by atoms with Crippen molar-refractivity contribution in [1.82, 2.24) is 15.5 Å². The van der Waals surface area contributed by atoms with Gasteiger partial charge in [-0.25, -0.2) is 0 Å². The van der Waals surface area contributed by atoms with Crippen molar-refractivity contribution in [2.75, 3.05) is 7.11 Å². The summed E-state index contributed by atoms with van der Waals surface area (Å²) in [5.74, 6) is 0.812. The van der Waals surface area contributed by atoms with Crippen LogP contribution in [0.25, 0.3) is 0 Å². The van der Waals surface area contributed by atoms with Gasteiger partial charge in [-0.3, -0.25) is 5.10 Å². The number of methoxy groups -OCH3 is 1. The van der Waals surface area contributed by atoms with E-state index in [1.54, 1.807) is 13.3 Å². The van der Waals surface area contributed by atoms with Crippen LogP contribution in [0.4, 0.5) is 0 Å². The van der Waals surface area contributed by atoms with Gasteiger partial charge < -0.3 is 10.1 Å². The zero-order chi connectivity index (χ0) is 13.0. The third-order valence-electron chi connectivity index (χ3n) is 2.47. The van der Waals surface area contributed by atoms with Crippen molar-refractivity contribution < 1.29 is 4.74 Å². The van der Waals surface area contributed by atoms with Gasteiger partial charge >= 0.3 is 0 Å². The van der Waals surface area contributed by atoms with Crippen LogP contribution in [-0.2, 0) is 13.1 Å². The molecular weight excluding hydrogens is 362 g/mol. The Kier molecular flexibility index (Phi) is 4.79. The monoisotopic (exact) mass is 373 g/mol. The van der Waals surface area contributed by atoms with Crippen LogP contribution in [0.3, 0.4) is 0 Å². The molecule has 1 heterocycles. The number of nitrogens with zero attached hydrogens (tertiary/aromatic N) is 1. The molecule has 2 rings (SSSR count). The predicted molar refractivity (Wildman–Crippen MR) is 77.5 cm³/mol. The molecule has 4 nitrogen and oxygen atoms in total. The molecule has 0 fully saturated rings. The lowest BCUT2D eigenvalue weighted by atomic mass is 10.2. The van der Waals surface area contributed by atoms with Gasteiger partial charge in [0.15, 0.2) is 0 Å². The van der Waals surface area contributed by atoms with Gasteiger partial charge in [-0.05, 0) is 55.6 Å². The minimum absolute atomic E-state index is 0.765. The molecule has 0 unspecified atom stereocenters. The van der Waals surface area contributed by atoms with E-state index in [1.165, 1.54) is 5.56 Å². The average Bonchev–Trinajstić information content (AvgIpc) is 2.82. The van der Waals surface area contributed by atoms with Crippen LogP contribution in [0, 0.1) is 0 Å². The van der Waals surface area contributed by atoms with Gasteiger partial charge in [-0.2, -0.15) is 5.10 Å². The lowest BCUT2D eigenvalue weighted by molar-refractivity contribution is 0.409. The standard InChI is InChI=1S/C12H13Br2N3O/c1-18-12-10(13)4-8(5-11(12)14)6-15-7-9-2-3-16-17-9/h2-5,15H,6-7H2,1H3,(H,16,17). The van der Waals surface area contributed by atoms with Crippen LogP contribution in [0.5, 0.6) is 5.75 Å². The molecule has 0 atom stereocenters. The van der Waals surface area contributed by atoms with Crippen molar-refractivity contribution in [2.45, 2.75) is 13.1 Å². The number of benzene rings is 1. The molecule has 0 saturated carbocycles. The normalized spacial score (nSPS) is 10.6. The first-order valence-electron chi connectivity index (χ1n) is 5.41. The number of aromatic amines is 1. The van der Waals surface area contributed by atoms with Gasteiger partial charge in [0.25, 0.3) is 0 Å². The summed E-state index contributed by atoms with van der Waals surface area (Å²) < 4.78 is 7.15. The highest BCUT2D eigenvalue weighted by molar-refractivity contribution is 9.11. The van der Waals surface area contributed by atoms with Crippen LogP contribution in [-0.4, -0.2) is 17.3 Å². The van der Waals surface area contributed by atoms with E-state index in [-0.39, 0.29) is 0 Å². The Morgan fingerprint density at radius 1 is 1.28 bits per heavy atom. The van der Waals surface area contributed by atoms with Crippen LogP contribution in [0.1, 0.15) is 11.3 Å². The van der Waals surface area contributed by atoms with Crippen LogP contribution < -0.4 is 10.1 Å². The van der Waals surface area contributed by atoms with Crippen molar-refractivity contribution in [3.8, 4) is 5.75 Å². The molecule has 2 aromatic rings. The number of nitrogens with one attached hydrogen (secondary N) is 2. The van der Waals surface area contributed by atoms with Crippen molar-refractivity contribution in [3.05, 3.63) is 44.6 Å². The molecule has 0 saturated heterocycles. The molecule has 0 amide bonds. The number of halogens is 2. The second-order valence-corrected chi connectivity index (χ2v) is 5.49. The summed E-state index contributed by atoms with van der Waals surface area (Å²) in [4.78, 5) is 0. The van der Waals surface area contributed by atoms with Crippen molar-refractivity contribution in [1.29, 1.82) is 0 Å². The fourth-order valence-corrected chi connectivity index (χ4v) is 3.24. The van der Waals surface area contributed by atoms with Crippen LogP contribution >= 0.6 is 31.9 Å². The molecule has 0 aliphatic heterocycles. The minimum Gasteiger partial charge on any atom is -0.494 e.